The normalized spacial score (nSPS) is 11.7. The summed E-state index contributed by atoms with van der Waals surface area (Å²) in [4.78, 5) is 2.42. The first kappa shape index (κ1) is 22.3. The summed E-state index contributed by atoms with van der Waals surface area (Å²) in [5.74, 6) is 0. The number of hydrogen-bond donors (Lipinski definition) is 0. The molecule has 0 bridgehead atoms. The maximum Gasteiger partial charge on any atom is 0.140 e. The largest absolute Gasteiger partial charge is 0.456 e. The van der Waals surface area contributed by atoms with Gasteiger partial charge in [0.2, 0.25) is 0 Å². The van der Waals surface area contributed by atoms with Crippen LogP contribution in [0.5, 0.6) is 0 Å². The minimum atomic E-state index is 0.142. The minimum absolute atomic E-state index is 0.142. The van der Waals surface area contributed by atoms with Crippen molar-refractivity contribution in [3.05, 3.63) is 144 Å². The summed E-state index contributed by atoms with van der Waals surface area (Å²) in [7, 11) is 2.20. The molecule has 36 heavy (non-hydrogen) atoms. The summed E-state index contributed by atoms with van der Waals surface area (Å²) in [5.41, 5.74) is 9.35. The number of hydrogen-bond acceptors (Lipinski definition) is 2. The van der Waals surface area contributed by atoms with Crippen molar-refractivity contribution in [1.82, 2.24) is 4.90 Å². The van der Waals surface area contributed by atoms with Crippen LogP contribution in [-0.4, -0.2) is 11.9 Å². The van der Waals surface area contributed by atoms with E-state index >= 15 is 0 Å². The Morgan fingerprint density at radius 2 is 1.36 bits per heavy atom. The van der Waals surface area contributed by atoms with Crippen molar-refractivity contribution in [2.75, 3.05) is 7.05 Å². The van der Waals surface area contributed by atoms with E-state index in [4.69, 9.17) is 4.42 Å². The molecule has 1 heterocycles. The van der Waals surface area contributed by atoms with Gasteiger partial charge in [-0.05, 0) is 42.3 Å². The molecule has 6 rings (SSSR count). The molecule has 0 saturated heterocycles. The van der Waals surface area contributed by atoms with E-state index in [1.54, 1.807) is 0 Å². The van der Waals surface area contributed by atoms with E-state index in [9.17, 15) is 0 Å². The number of nitrogens with zero attached hydrogens (tertiary/aromatic N) is 1. The molecule has 0 atom stereocenters. The van der Waals surface area contributed by atoms with E-state index in [0.717, 1.165) is 23.1 Å². The summed E-state index contributed by atoms with van der Waals surface area (Å²) in [6, 6.07) is 43.2. The van der Waals surface area contributed by atoms with Crippen molar-refractivity contribution in [2.45, 2.75) is 19.5 Å². The van der Waals surface area contributed by atoms with E-state index in [1.165, 1.54) is 38.8 Å². The smallest absolute Gasteiger partial charge is 0.140 e. The van der Waals surface area contributed by atoms with Crippen LogP contribution in [0.1, 0.15) is 28.3 Å². The molecule has 0 unspecified atom stereocenters. The lowest BCUT2D eigenvalue weighted by molar-refractivity contribution is 0.270. The van der Waals surface area contributed by atoms with Gasteiger partial charge in [-0.25, -0.2) is 0 Å². The Morgan fingerprint density at radius 3 is 2.06 bits per heavy atom. The molecular weight excluding hydrogens is 438 g/mol. The highest BCUT2D eigenvalue weighted by Crippen LogP contribution is 2.39. The molecule has 0 aliphatic carbocycles. The van der Waals surface area contributed by atoms with Crippen LogP contribution in [0.25, 0.3) is 33.1 Å². The molecule has 0 fully saturated rings. The number of para-hydroxylation sites is 1. The van der Waals surface area contributed by atoms with Crippen LogP contribution < -0.4 is 0 Å². The van der Waals surface area contributed by atoms with E-state index in [2.05, 4.69) is 134 Å². The van der Waals surface area contributed by atoms with E-state index in [1.807, 2.05) is 6.07 Å². The number of rotatable bonds is 6. The predicted octanol–water partition coefficient (Wildman–Crippen LogP) is 8.78. The van der Waals surface area contributed by atoms with Crippen LogP contribution in [0.3, 0.4) is 0 Å². The molecule has 0 amide bonds. The van der Waals surface area contributed by atoms with Gasteiger partial charge in [-0.3, -0.25) is 4.90 Å². The van der Waals surface area contributed by atoms with Gasteiger partial charge in [-0.2, -0.15) is 0 Å². The third-order valence-corrected chi connectivity index (χ3v) is 7.03. The van der Waals surface area contributed by atoms with Gasteiger partial charge < -0.3 is 4.42 Å². The second kappa shape index (κ2) is 9.49. The lowest BCUT2D eigenvalue weighted by atomic mass is 9.94. The van der Waals surface area contributed by atoms with Gasteiger partial charge >= 0.3 is 0 Å². The van der Waals surface area contributed by atoms with Crippen molar-refractivity contribution in [3.8, 4) is 11.1 Å². The molecule has 0 aliphatic rings. The zero-order valence-electron chi connectivity index (χ0n) is 20.7. The summed E-state index contributed by atoms with van der Waals surface area (Å²) in [6.45, 7) is 2.91. The number of furan rings is 1. The van der Waals surface area contributed by atoms with Gasteiger partial charge in [0.05, 0.1) is 6.04 Å². The Morgan fingerprint density at radius 1 is 0.694 bits per heavy atom. The fraction of sp³-hybridized carbons (Fsp3) is 0.118. The van der Waals surface area contributed by atoms with Crippen molar-refractivity contribution >= 4 is 21.9 Å². The van der Waals surface area contributed by atoms with Gasteiger partial charge in [-0.15, -0.1) is 0 Å². The predicted molar refractivity (Wildman–Crippen MR) is 150 cm³/mol. The van der Waals surface area contributed by atoms with E-state index in [-0.39, 0.29) is 6.04 Å². The Hall–Kier alpha value is -4.14. The highest BCUT2D eigenvalue weighted by atomic mass is 16.3. The number of aryl methyl sites for hydroxylation is 1. The quantitative estimate of drug-likeness (QED) is 0.243. The Balaban J connectivity index is 1.48. The Labute approximate surface area is 212 Å². The highest BCUT2D eigenvalue weighted by molar-refractivity contribution is 6.13. The van der Waals surface area contributed by atoms with Crippen LogP contribution >= 0.6 is 0 Å². The molecule has 0 N–H and O–H groups in total. The average Bonchev–Trinajstić information content (AvgIpc) is 3.31. The first-order valence-electron chi connectivity index (χ1n) is 12.5. The van der Waals surface area contributed by atoms with E-state index < -0.39 is 0 Å². The van der Waals surface area contributed by atoms with Gasteiger partial charge in [0, 0.05) is 22.9 Å². The number of benzene rings is 5. The van der Waals surface area contributed by atoms with Crippen molar-refractivity contribution in [2.24, 2.45) is 0 Å². The van der Waals surface area contributed by atoms with Gasteiger partial charge in [-0.1, -0.05) is 121 Å². The molecule has 0 spiro atoms. The van der Waals surface area contributed by atoms with Crippen molar-refractivity contribution < 1.29 is 4.42 Å². The molecule has 0 radical (unpaired) electrons. The second-order valence-electron chi connectivity index (χ2n) is 9.58. The van der Waals surface area contributed by atoms with Crippen LogP contribution in [-0.2, 0) is 6.54 Å². The van der Waals surface area contributed by atoms with Gasteiger partial charge in [0.25, 0.3) is 0 Å². The first-order chi connectivity index (χ1) is 17.7. The highest BCUT2D eigenvalue weighted by Gasteiger charge is 2.22. The molecule has 6 aromatic rings. The third kappa shape index (κ3) is 4.10. The standard InChI is InChI=1S/C34H29NO/c1-24-12-11-17-27(22-24)29-21-20-28(34-32(29)30-18-9-10-19-31(30)36-34)23-35(2)33(25-13-5-3-6-14-25)26-15-7-4-8-16-26/h3-22,33H,23H2,1-2H3. The van der Waals surface area contributed by atoms with Crippen LogP contribution in [0.2, 0.25) is 0 Å². The molecule has 2 heteroatoms. The Kier molecular flexibility index (Phi) is 5.88. The molecular formula is C34H29NO. The van der Waals surface area contributed by atoms with Crippen LogP contribution in [0, 0.1) is 6.92 Å². The fourth-order valence-corrected chi connectivity index (χ4v) is 5.39. The molecule has 176 valence electrons. The lowest BCUT2D eigenvalue weighted by Gasteiger charge is -2.29. The van der Waals surface area contributed by atoms with E-state index in [0.29, 0.717) is 0 Å². The van der Waals surface area contributed by atoms with Crippen molar-refractivity contribution in [1.29, 1.82) is 0 Å². The topological polar surface area (TPSA) is 16.4 Å². The average molecular weight is 468 g/mol. The van der Waals surface area contributed by atoms with Gasteiger partial charge in [0.1, 0.15) is 11.2 Å². The molecule has 0 saturated carbocycles. The molecule has 1 aromatic heterocycles. The fourth-order valence-electron chi connectivity index (χ4n) is 5.39. The maximum absolute atomic E-state index is 6.54. The van der Waals surface area contributed by atoms with Crippen molar-refractivity contribution in [3.63, 3.8) is 0 Å². The third-order valence-electron chi connectivity index (χ3n) is 7.03. The van der Waals surface area contributed by atoms with Crippen LogP contribution in [0.15, 0.2) is 126 Å². The lowest BCUT2D eigenvalue weighted by Crippen LogP contribution is -2.25. The summed E-state index contributed by atoms with van der Waals surface area (Å²) in [6.07, 6.45) is 0. The monoisotopic (exact) mass is 467 g/mol. The SMILES string of the molecule is Cc1cccc(-c2ccc(CN(C)C(c3ccccc3)c3ccccc3)c3oc4ccccc4c23)c1. The zero-order valence-corrected chi connectivity index (χ0v) is 20.7. The summed E-state index contributed by atoms with van der Waals surface area (Å²) >= 11 is 0. The summed E-state index contributed by atoms with van der Waals surface area (Å²) < 4.78 is 6.54. The maximum atomic E-state index is 6.54. The first-order valence-corrected chi connectivity index (χ1v) is 12.5. The molecule has 2 nitrogen and oxygen atoms in total. The summed E-state index contributed by atoms with van der Waals surface area (Å²) in [5, 5.41) is 2.36. The minimum Gasteiger partial charge on any atom is -0.456 e. The molecule has 5 aromatic carbocycles. The second-order valence-corrected chi connectivity index (χ2v) is 9.58. The van der Waals surface area contributed by atoms with Gasteiger partial charge in [0.15, 0.2) is 0 Å². The zero-order chi connectivity index (χ0) is 24.5. The van der Waals surface area contributed by atoms with Crippen LogP contribution in [0.4, 0.5) is 0 Å². The number of fused-ring (bicyclic) bond motifs is 3. The Bertz CT molecular complexity index is 1590. The molecule has 0 aliphatic heterocycles.